The zero-order valence-electron chi connectivity index (χ0n) is 6.67. The fourth-order valence-corrected chi connectivity index (χ4v) is 1.22. The van der Waals surface area contributed by atoms with Crippen molar-refractivity contribution in [3.05, 3.63) is 34.3 Å². The summed E-state index contributed by atoms with van der Waals surface area (Å²) in [7, 11) is 1.60. The molecule has 12 heavy (non-hydrogen) atoms. The fourth-order valence-electron chi connectivity index (χ4n) is 0.965. The summed E-state index contributed by atoms with van der Waals surface area (Å²) in [5, 5.41) is 9.18. The first-order valence-electron chi connectivity index (χ1n) is 3.45. The second-order valence-corrected chi connectivity index (χ2v) is 2.83. The van der Waals surface area contributed by atoms with Gasteiger partial charge in [0.15, 0.2) is 0 Å². The Morgan fingerprint density at radius 1 is 1.50 bits per heavy atom. The van der Waals surface area contributed by atoms with E-state index in [9.17, 15) is 0 Å². The van der Waals surface area contributed by atoms with Crippen LogP contribution in [0.5, 0.6) is 0 Å². The van der Waals surface area contributed by atoms with Gasteiger partial charge < -0.3 is 4.74 Å². The molecule has 1 aromatic carbocycles. The van der Waals surface area contributed by atoms with Gasteiger partial charge in [0, 0.05) is 12.1 Å². The van der Waals surface area contributed by atoms with Gasteiger partial charge in [-0.15, -0.1) is 0 Å². The van der Waals surface area contributed by atoms with Crippen molar-refractivity contribution in [2.45, 2.75) is 6.61 Å². The van der Waals surface area contributed by atoms with Crippen molar-refractivity contribution in [2.75, 3.05) is 7.11 Å². The Labute approximate surface area is 76.3 Å². The van der Waals surface area contributed by atoms with Gasteiger partial charge >= 0.3 is 0 Å². The van der Waals surface area contributed by atoms with Crippen LogP contribution in [0.25, 0.3) is 0 Å². The van der Waals surface area contributed by atoms with Crippen molar-refractivity contribution >= 4 is 11.6 Å². The molecule has 2 nitrogen and oxygen atoms in total. The van der Waals surface area contributed by atoms with Crippen molar-refractivity contribution in [1.29, 1.82) is 5.26 Å². The molecule has 0 unspecified atom stereocenters. The smallest absolute Gasteiger partial charge is 0.0992 e. The van der Waals surface area contributed by atoms with Gasteiger partial charge in [0.1, 0.15) is 0 Å². The quantitative estimate of drug-likeness (QED) is 0.702. The Morgan fingerprint density at radius 2 is 2.25 bits per heavy atom. The summed E-state index contributed by atoms with van der Waals surface area (Å²) in [5.41, 5.74) is 1.48. The number of methoxy groups -OCH3 is 1. The first-order chi connectivity index (χ1) is 5.76. The van der Waals surface area contributed by atoms with E-state index >= 15 is 0 Å². The van der Waals surface area contributed by atoms with E-state index in [1.165, 1.54) is 0 Å². The summed E-state index contributed by atoms with van der Waals surface area (Å²) in [6.45, 7) is 0.481. The molecule has 0 aliphatic rings. The molecule has 0 bridgehead atoms. The van der Waals surface area contributed by atoms with Crippen LogP contribution in [-0.2, 0) is 11.3 Å². The Morgan fingerprint density at radius 3 is 2.83 bits per heavy atom. The molecule has 0 radical (unpaired) electrons. The van der Waals surface area contributed by atoms with E-state index in [1.54, 1.807) is 25.3 Å². The van der Waals surface area contributed by atoms with Crippen molar-refractivity contribution in [3.8, 4) is 6.07 Å². The van der Waals surface area contributed by atoms with E-state index in [0.29, 0.717) is 17.2 Å². The van der Waals surface area contributed by atoms with Gasteiger partial charge in [0.25, 0.3) is 0 Å². The van der Waals surface area contributed by atoms with E-state index in [2.05, 4.69) is 0 Å². The Kier molecular flexibility index (Phi) is 3.09. The first kappa shape index (κ1) is 9.05. The zero-order valence-corrected chi connectivity index (χ0v) is 7.43. The summed E-state index contributed by atoms with van der Waals surface area (Å²) in [6, 6.07) is 7.20. The van der Waals surface area contributed by atoms with Crippen LogP contribution in [0, 0.1) is 11.3 Å². The summed E-state index contributed by atoms with van der Waals surface area (Å²) < 4.78 is 4.91. The SMILES string of the molecule is COCc1cc(Cl)cc(C#N)c1. The van der Waals surface area contributed by atoms with E-state index in [0.717, 1.165) is 5.56 Å². The lowest BCUT2D eigenvalue weighted by atomic mass is 10.1. The third kappa shape index (κ3) is 2.23. The molecule has 62 valence electrons. The minimum Gasteiger partial charge on any atom is -0.380 e. The number of benzene rings is 1. The van der Waals surface area contributed by atoms with Crippen LogP contribution in [0.2, 0.25) is 5.02 Å². The standard InChI is InChI=1S/C9H8ClNO/c1-12-6-8-2-7(5-11)3-9(10)4-8/h2-4H,6H2,1H3. The average molecular weight is 182 g/mol. The number of rotatable bonds is 2. The van der Waals surface area contributed by atoms with Crippen LogP contribution in [0.4, 0.5) is 0 Å². The maximum atomic E-state index is 8.61. The molecule has 0 aromatic heterocycles. The van der Waals surface area contributed by atoms with Crippen LogP contribution < -0.4 is 0 Å². The molecule has 0 fully saturated rings. The average Bonchev–Trinajstić information content (AvgIpc) is 2.04. The lowest BCUT2D eigenvalue weighted by Gasteiger charge is -2.00. The summed E-state index contributed by atoms with van der Waals surface area (Å²) in [5.74, 6) is 0. The van der Waals surface area contributed by atoms with E-state index in [1.807, 2.05) is 6.07 Å². The number of ether oxygens (including phenoxy) is 1. The van der Waals surface area contributed by atoms with E-state index < -0.39 is 0 Å². The number of halogens is 1. The van der Waals surface area contributed by atoms with E-state index in [4.69, 9.17) is 21.6 Å². The van der Waals surface area contributed by atoms with Gasteiger partial charge in [-0.05, 0) is 23.8 Å². The highest BCUT2D eigenvalue weighted by Crippen LogP contribution is 2.14. The van der Waals surface area contributed by atoms with Crippen LogP contribution in [0.3, 0.4) is 0 Å². The molecule has 0 saturated heterocycles. The normalized spacial score (nSPS) is 9.42. The lowest BCUT2D eigenvalue weighted by molar-refractivity contribution is 0.185. The molecule has 0 spiro atoms. The fraction of sp³-hybridized carbons (Fsp3) is 0.222. The van der Waals surface area contributed by atoms with Crippen molar-refractivity contribution < 1.29 is 4.74 Å². The Hall–Kier alpha value is -1.04. The molecule has 0 saturated carbocycles. The highest BCUT2D eigenvalue weighted by Gasteiger charge is 1.97. The van der Waals surface area contributed by atoms with Gasteiger partial charge in [0.2, 0.25) is 0 Å². The molecule has 1 rings (SSSR count). The number of nitriles is 1. The molecule has 0 atom stereocenters. The van der Waals surface area contributed by atoms with Gasteiger partial charge in [-0.3, -0.25) is 0 Å². The topological polar surface area (TPSA) is 33.0 Å². The predicted octanol–water partition coefficient (Wildman–Crippen LogP) is 2.36. The molecule has 0 amide bonds. The van der Waals surface area contributed by atoms with Crippen LogP contribution >= 0.6 is 11.6 Å². The molecule has 0 aliphatic heterocycles. The number of hydrogen-bond donors (Lipinski definition) is 0. The van der Waals surface area contributed by atoms with Gasteiger partial charge in [-0.25, -0.2) is 0 Å². The number of nitrogens with zero attached hydrogens (tertiary/aromatic N) is 1. The largest absolute Gasteiger partial charge is 0.380 e. The number of hydrogen-bond acceptors (Lipinski definition) is 2. The van der Waals surface area contributed by atoms with Crippen LogP contribution in [-0.4, -0.2) is 7.11 Å². The predicted molar refractivity (Wildman–Crippen MR) is 46.9 cm³/mol. The molecular weight excluding hydrogens is 174 g/mol. The highest BCUT2D eigenvalue weighted by atomic mass is 35.5. The second-order valence-electron chi connectivity index (χ2n) is 2.39. The molecule has 0 N–H and O–H groups in total. The molecule has 0 aliphatic carbocycles. The van der Waals surface area contributed by atoms with Gasteiger partial charge in [0.05, 0.1) is 18.2 Å². The Balaban J connectivity index is 3.00. The van der Waals surface area contributed by atoms with Gasteiger partial charge in [-0.1, -0.05) is 11.6 Å². The lowest BCUT2D eigenvalue weighted by Crippen LogP contribution is -1.88. The van der Waals surface area contributed by atoms with Crippen LogP contribution in [0.15, 0.2) is 18.2 Å². The second kappa shape index (κ2) is 4.10. The summed E-state index contributed by atoms with van der Waals surface area (Å²) >= 11 is 5.76. The third-order valence-electron chi connectivity index (χ3n) is 1.40. The minimum atomic E-state index is 0.481. The molecule has 1 aromatic rings. The Bertz CT molecular complexity index is 317. The first-order valence-corrected chi connectivity index (χ1v) is 3.82. The monoisotopic (exact) mass is 181 g/mol. The third-order valence-corrected chi connectivity index (χ3v) is 1.62. The highest BCUT2D eigenvalue weighted by molar-refractivity contribution is 6.30. The maximum absolute atomic E-state index is 8.61. The van der Waals surface area contributed by atoms with Gasteiger partial charge in [-0.2, -0.15) is 5.26 Å². The van der Waals surface area contributed by atoms with Crippen molar-refractivity contribution in [2.24, 2.45) is 0 Å². The zero-order chi connectivity index (χ0) is 8.97. The minimum absolute atomic E-state index is 0.481. The molecule has 0 heterocycles. The van der Waals surface area contributed by atoms with Crippen molar-refractivity contribution in [3.63, 3.8) is 0 Å². The molecule has 3 heteroatoms. The van der Waals surface area contributed by atoms with E-state index in [-0.39, 0.29) is 0 Å². The molecular formula is C9H8ClNO. The van der Waals surface area contributed by atoms with Crippen molar-refractivity contribution in [1.82, 2.24) is 0 Å². The van der Waals surface area contributed by atoms with Crippen LogP contribution in [0.1, 0.15) is 11.1 Å². The summed E-state index contributed by atoms with van der Waals surface area (Å²) in [4.78, 5) is 0. The maximum Gasteiger partial charge on any atom is 0.0992 e. The summed E-state index contributed by atoms with van der Waals surface area (Å²) in [6.07, 6.45) is 0.